The summed E-state index contributed by atoms with van der Waals surface area (Å²) in [5.41, 5.74) is 4.69. The number of aromatic nitrogens is 1. The van der Waals surface area contributed by atoms with Gasteiger partial charge in [-0.2, -0.15) is 0 Å². The van der Waals surface area contributed by atoms with Gasteiger partial charge in [-0.3, -0.25) is 9.59 Å². The van der Waals surface area contributed by atoms with E-state index in [1.165, 1.54) is 6.42 Å². The minimum atomic E-state index is -0.0589. The van der Waals surface area contributed by atoms with Gasteiger partial charge in [-0.25, -0.2) is 4.98 Å². The third-order valence-electron chi connectivity index (χ3n) is 6.94. The Hall–Kier alpha value is -3.87. The molecule has 0 spiro atoms. The monoisotopic (exact) mass is 470 g/mol. The van der Waals surface area contributed by atoms with Crippen molar-refractivity contribution in [1.82, 2.24) is 9.88 Å². The number of nitrogens with zero attached hydrogens (tertiary/aromatic N) is 4. The normalized spacial score (nSPS) is 15.4. The molecule has 2 aliphatic heterocycles. The van der Waals surface area contributed by atoms with Gasteiger partial charge in [0.15, 0.2) is 5.82 Å². The van der Waals surface area contributed by atoms with Gasteiger partial charge < -0.3 is 19.4 Å². The van der Waals surface area contributed by atoms with E-state index >= 15 is 0 Å². The summed E-state index contributed by atoms with van der Waals surface area (Å²) in [5.74, 6) is 1.40. The van der Waals surface area contributed by atoms with Crippen LogP contribution in [-0.4, -0.2) is 56.0 Å². The Morgan fingerprint density at radius 3 is 2.49 bits per heavy atom. The zero-order valence-electron chi connectivity index (χ0n) is 20.5. The molecule has 1 fully saturated rings. The first-order chi connectivity index (χ1) is 17.0. The van der Waals surface area contributed by atoms with Crippen LogP contribution >= 0.6 is 0 Å². The lowest BCUT2D eigenvalue weighted by atomic mass is 10.0. The standard InChI is InChI=1S/C28H30N4O3/c1-30-23-10-6-5-9-22(23)28(34)31(2)24-14-13-21(29-26(24)30)17-19-11-12-20(18-25(19)35-3)27(33)32-15-7-4-8-16-32/h5-6,9-14,18H,4,7-8,15-17H2,1-3H3. The van der Waals surface area contributed by atoms with Crippen LogP contribution in [0.2, 0.25) is 0 Å². The van der Waals surface area contributed by atoms with Crippen LogP contribution < -0.4 is 14.5 Å². The van der Waals surface area contributed by atoms with Crippen LogP contribution in [0.3, 0.4) is 0 Å². The van der Waals surface area contributed by atoms with Gasteiger partial charge in [0, 0.05) is 50.4 Å². The van der Waals surface area contributed by atoms with Gasteiger partial charge in [0.25, 0.3) is 11.8 Å². The maximum absolute atomic E-state index is 13.0. The number of anilines is 3. The molecule has 0 saturated carbocycles. The highest BCUT2D eigenvalue weighted by Gasteiger charge is 2.28. The van der Waals surface area contributed by atoms with Crippen LogP contribution in [0, 0.1) is 0 Å². The summed E-state index contributed by atoms with van der Waals surface area (Å²) in [5, 5.41) is 0. The fourth-order valence-corrected chi connectivity index (χ4v) is 4.94. The molecule has 0 atom stereocenters. The van der Waals surface area contributed by atoms with Crippen molar-refractivity contribution in [2.24, 2.45) is 0 Å². The zero-order valence-corrected chi connectivity index (χ0v) is 20.5. The topological polar surface area (TPSA) is 66.0 Å². The first-order valence-corrected chi connectivity index (χ1v) is 12.0. The molecule has 7 nitrogen and oxygen atoms in total. The number of piperidine rings is 1. The summed E-state index contributed by atoms with van der Waals surface area (Å²) >= 11 is 0. The van der Waals surface area contributed by atoms with Crippen LogP contribution in [0.4, 0.5) is 17.2 Å². The van der Waals surface area contributed by atoms with Gasteiger partial charge >= 0.3 is 0 Å². The minimum Gasteiger partial charge on any atom is -0.496 e. The average Bonchev–Trinajstić information content (AvgIpc) is 2.98. The third kappa shape index (κ3) is 4.22. The zero-order chi connectivity index (χ0) is 24.5. The summed E-state index contributed by atoms with van der Waals surface area (Å²) in [6.07, 6.45) is 3.85. The second-order valence-corrected chi connectivity index (χ2v) is 9.14. The summed E-state index contributed by atoms with van der Waals surface area (Å²) < 4.78 is 5.67. The molecule has 2 aliphatic rings. The molecule has 180 valence electrons. The largest absolute Gasteiger partial charge is 0.496 e. The number of ether oxygens (including phenoxy) is 1. The number of hydrogen-bond donors (Lipinski definition) is 0. The van der Waals surface area contributed by atoms with E-state index < -0.39 is 0 Å². The maximum Gasteiger partial charge on any atom is 0.260 e. The van der Waals surface area contributed by atoms with E-state index in [9.17, 15) is 9.59 Å². The second kappa shape index (κ2) is 9.41. The van der Waals surface area contributed by atoms with Crippen molar-refractivity contribution >= 4 is 29.0 Å². The van der Waals surface area contributed by atoms with Crippen molar-refractivity contribution in [2.45, 2.75) is 25.7 Å². The number of methoxy groups -OCH3 is 1. The number of fused-ring (bicyclic) bond motifs is 2. The van der Waals surface area contributed by atoms with Crippen LogP contribution in [0.5, 0.6) is 5.75 Å². The fraction of sp³-hybridized carbons (Fsp3) is 0.321. The molecule has 35 heavy (non-hydrogen) atoms. The smallest absolute Gasteiger partial charge is 0.260 e. The summed E-state index contributed by atoms with van der Waals surface area (Å²) in [4.78, 5) is 36.5. The quantitative estimate of drug-likeness (QED) is 0.555. The van der Waals surface area contributed by atoms with Gasteiger partial charge in [0.2, 0.25) is 0 Å². The number of para-hydroxylation sites is 1. The molecule has 2 aromatic carbocycles. The SMILES string of the molecule is COc1cc(C(=O)N2CCCCC2)ccc1Cc1ccc2c(n1)N(C)c1ccccc1C(=O)N2C. The fourth-order valence-electron chi connectivity index (χ4n) is 4.94. The predicted molar refractivity (Wildman–Crippen MR) is 137 cm³/mol. The number of carbonyl (C=O) groups excluding carboxylic acids is 2. The second-order valence-electron chi connectivity index (χ2n) is 9.14. The predicted octanol–water partition coefficient (Wildman–Crippen LogP) is 4.67. The number of rotatable bonds is 4. The number of amides is 2. The van der Waals surface area contributed by atoms with Crippen molar-refractivity contribution in [3.8, 4) is 5.75 Å². The highest BCUT2D eigenvalue weighted by atomic mass is 16.5. The Morgan fingerprint density at radius 2 is 1.71 bits per heavy atom. The van der Waals surface area contributed by atoms with E-state index in [1.807, 2.05) is 71.4 Å². The molecule has 5 rings (SSSR count). The Kier molecular flexibility index (Phi) is 6.16. The van der Waals surface area contributed by atoms with E-state index in [1.54, 1.807) is 19.1 Å². The lowest BCUT2D eigenvalue weighted by molar-refractivity contribution is 0.0723. The van der Waals surface area contributed by atoms with Gasteiger partial charge in [-0.15, -0.1) is 0 Å². The van der Waals surface area contributed by atoms with Crippen molar-refractivity contribution in [2.75, 3.05) is 44.1 Å². The summed E-state index contributed by atoms with van der Waals surface area (Å²) in [6, 6.07) is 17.1. The lowest BCUT2D eigenvalue weighted by Gasteiger charge is -2.27. The molecule has 3 aromatic rings. The Morgan fingerprint density at radius 1 is 0.943 bits per heavy atom. The molecular formula is C28H30N4O3. The first-order valence-electron chi connectivity index (χ1n) is 12.0. The van der Waals surface area contributed by atoms with E-state index in [0.717, 1.165) is 54.4 Å². The molecule has 0 aliphatic carbocycles. The van der Waals surface area contributed by atoms with Crippen molar-refractivity contribution < 1.29 is 14.3 Å². The van der Waals surface area contributed by atoms with Crippen LogP contribution in [0.25, 0.3) is 0 Å². The van der Waals surface area contributed by atoms with E-state index in [0.29, 0.717) is 23.3 Å². The van der Waals surface area contributed by atoms with Crippen LogP contribution in [0.15, 0.2) is 54.6 Å². The van der Waals surface area contributed by atoms with Gasteiger partial charge in [0.05, 0.1) is 24.0 Å². The molecule has 0 N–H and O–H groups in total. The van der Waals surface area contributed by atoms with Crippen molar-refractivity contribution in [1.29, 1.82) is 0 Å². The number of hydrogen-bond acceptors (Lipinski definition) is 5. The highest BCUT2D eigenvalue weighted by molar-refractivity contribution is 6.13. The van der Waals surface area contributed by atoms with Gasteiger partial charge in [-0.1, -0.05) is 18.2 Å². The Bertz CT molecular complexity index is 1280. The average molecular weight is 471 g/mol. The molecule has 2 amide bonds. The van der Waals surface area contributed by atoms with Gasteiger partial charge in [-0.05, 0) is 55.7 Å². The van der Waals surface area contributed by atoms with Crippen molar-refractivity contribution in [3.63, 3.8) is 0 Å². The van der Waals surface area contributed by atoms with E-state index in [-0.39, 0.29) is 11.8 Å². The third-order valence-corrected chi connectivity index (χ3v) is 6.94. The Labute approximate surface area is 205 Å². The molecular weight excluding hydrogens is 440 g/mol. The number of pyridine rings is 1. The lowest BCUT2D eigenvalue weighted by Crippen LogP contribution is -2.35. The molecule has 3 heterocycles. The molecule has 1 aromatic heterocycles. The first kappa shape index (κ1) is 22.9. The minimum absolute atomic E-state index is 0.0589. The number of likely N-dealkylation sites (tertiary alicyclic amines) is 1. The maximum atomic E-state index is 13.0. The molecule has 0 unspecified atom stereocenters. The highest BCUT2D eigenvalue weighted by Crippen LogP contribution is 2.38. The molecule has 1 saturated heterocycles. The van der Waals surface area contributed by atoms with Gasteiger partial charge in [0.1, 0.15) is 5.75 Å². The molecule has 7 heteroatoms. The molecule has 0 radical (unpaired) electrons. The molecule has 0 bridgehead atoms. The number of carbonyl (C=O) groups is 2. The Balaban J connectivity index is 1.45. The number of benzene rings is 2. The summed E-state index contributed by atoms with van der Waals surface area (Å²) in [6.45, 7) is 1.63. The van der Waals surface area contributed by atoms with E-state index in [2.05, 4.69) is 0 Å². The van der Waals surface area contributed by atoms with E-state index in [4.69, 9.17) is 9.72 Å². The van der Waals surface area contributed by atoms with Crippen LogP contribution in [0.1, 0.15) is 51.2 Å². The van der Waals surface area contributed by atoms with Crippen molar-refractivity contribution in [3.05, 3.63) is 77.0 Å². The van der Waals surface area contributed by atoms with Crippen LogP contribution in [-0.2, 0) is 6.42 Å². The summed E-state index contributed by atoms with van der Waals surface area (Å²) in [7, 11) is 5.34.